The average molecular weight is 391 g/mol. The Balaban J connectivity index is 1.70. The Hall–Kier alpha value is -1.88. The van der Waals surface area contributed by atoms with Gasteiger partial charge >= 0.3 is 11.9 Å². The van der Waals surface area contributed by atoms with E-state index in [0.717, 1.165) is 25.7 Å². The van der Waals surface area contributed by atoms with Gasteiger partial charge in [0.05, 0.1) is 23.8 Å². The molecule has 1 fully saturated rings. The van der Waals surface area contributed by atoms with E-state index in [1.807, 2.05) is 0 Å². The summed E-state index contributed by atoms with van der Waals surface area (Å²) in [5.41, 5.74) is 0.515. The Bertz CT molecular complexity index is 592. The molecule has 1 aliphatic rings. The molecule has 1 heterocycles. The van der Waals surface area contributed by atoms with Crippen LogP contribution in [0.3, 0.4) is 0 Å². The lowest BCUT2D eigenvalue weighted by molar-refractivity contribution is 0.0157. The predicted octanol–water partition coefficient (Wildman–Crippen LogP) is 5.32. The highest BCUT2D eigenvalue weighted by Crippen LogP contribution is 2.16. The summed E-state index contributed by atoms with van der Waals surface area (Å²) in [7, 11) is 0. The number of benzene rings is 1. The van der Waals surface area contributed by atoms with Crippen molar-refractivity contribution in [3.8, 4) is 0 Å². The number of unbranched alkanes of at least 4 members (excludes halogenated alkanes) is 7. The third-order valence-corrected chi connectivity index (χ3v) is 5.02. The average Bonchev–Trinajstić information content (AvgIpc) is 3.24. The molecule has 0 aromatic heterocycles. The highest BCUT2D eigenvalue weighted by atomic mass is 16.6. The van der Waals surface area contributed by atoms with Gasteiger partial charge in [-0.1, -0.05) is 64.0 Å². The van der Waals surface area contributed by atoms with Crippen LogP contribution in [0.25, 0.3) is 0 Å². The molecular formula is C23H34O5. The molecule has 0 amide bonds. The number of ether oxygens (including phenoxy) is 3. The summed E-state index contributed by atoms with van der Waals surface area (Å²) < 4.78 is 16.2. The van der Waals surface area contributed by atoms with E-state index in [4.69, 9.17) is 14.2 Å². The Morgan fingerprint density at radius 3 is 2.14 bits per heavy atom. The lowest BCUT2D eigenvalue weighted by Gasteiger charge is -2.12. The normalized spacial score (nSPS) is 16.1. The molecule has 156 valence electrons. The predicted molar refractivity (Wildman–Crippen MR) is 109 cm³/mol. The van der Waals surface area contributed by atoms with Gasteiger partial charge in [-0.15, -0.1) is 0 Å². The van der Waals surface area contributed by atoms with Crippen LogP contribution in [0.15, 0.2) is 24.3 Å². The van der Waals surface area contributed by atoms with Crippen molar-refractivity contribution in [1.29, 1.82) is 0 Å². The maximum Gasteiger partial charge on any atom is 0.339 e. The molecule has 0 spiro atoms. The molecule has 1 unspecified atom stereocenters. The van der Waals surface area contributed by atoms with E-state index in [1.54, 1.807) is 24.3 Å². The zero-order valence-corrected chi connectivity index (χ0v) is 17.1. The summed E-state index contributed by atoms with van der Waals surface area (Å²) in [6.45, 7) is 3.54. The summed E-state index contributed by atoms with van der Waals surface area (Å²) in [6, 6.07) is 6.66. The molecule has 0 bridgehead atoms. The van der Waals surface area contributed by atoms with Crippen LogP contribution in [-0.4, -0.2) is 37.9 Å². The van der Waals surface area contributed by atoms with Gasteiger partial charge in [-0.3, -0.25) is 0 Å². The standard InChI is InChI=1S/C23H34O5/c1-2-3-4-5-6-7-8-11-16-27-22(24)20-14-9-10-15-21(20)23(25)28-18-19-13-12-17-26-19/h9-10,14-15,19H,2-8,11-13,16-18H2,1H3. The Kier molecular flexibility index (Phi) is 10.7. The molecule has 5 heteroatoms. The number of hydrogen-bond donors (Lipinski definition) is 0. The van der Waals surface area contributed by atoms with Gasteiger partial charge in [-0.2, -0.15) is 0 Å². The molecule has 0 radical (unpaired) electrons. The second kappa shape index (κ2) is 13.3. The highest BCUT2D eigenvalue weighted by molar-refractivity contribution is 6.03. The van der Waals surface area contributed by atoms with Crippen molar-refractivity contribution < 1.29 is 23.8 Å². The molecule has 28 heavy (non-hydrogen) atoms. The van der Waals surface area contributed by atoms with Crippen molar-refractivity contribution in [1.82, 2.24) is 0 Å². The van der Waals surface area contributed by atoms with Gasteiger partial charge < -0.3 is 14.2 Å². The van der Waals surface area contributed by atoms with Crippen molar-refractivity contribution in [2.45, 2.75) is 77.2 Å². The van der Waals surface area contributed by atoms with Gasteiger partial charge in [0.25, 0.3) is 0 Å². The van der Waals surface area contributed by atoms with E-state index in [2.05, 4.69) is 6.92 Å². The molecular weight excluding hydrogens is 356 g/mol. The zero-order valence-electron chi connectivity index (χ0n) is 17.1. The molecule has 0 aliphatic carbocycles. The summed E-state index contributed by atoms with van der Waals surface area (Å²) in [4.78, 5) is 24.7. The maximum absolute atomic E-state index is 12.4. The largest absolute Gasteiger partial charge is 0.462 e. The van der Waals surface area contributed by atoms with Crippen molar-refractivity contribution in [3.05, 3.63) is 35.4 Å². The Labute approximate surface area is 168 Å². The lowest BCUT2D eigenvalue weighted by atomic mass is 10.1. The van der Waals surface area contributed by atoms with Crippen LogP contribution in [0, 0.1) is 0 Å². The molecule has 1 saturated heterocycles. The molecule has 0 N–H and O–H groups in total. The number of esters is 2. The van der Waals surface area contributed by atoms with Crippen LogP contribution in [0.5, 0.6) is 0 Å². The van der Waals surface area contributed by atoms with Crippen LogP contribution in [0.2, 0.25) is 0 Å². The van der Waals surface area contributed by atoms with Crippen LogP contribution in [0.1, 0.15) is 91.8 Å². The van der Waals surface area contributed by atoms with Gasteiger partial charge in [0.2, 0.25) is 0 Å². The fourth-order valence-corrected chi connectivity index (χ4v) is 3.34. The van der Waals surface area contributed by atoms with Crippen LogP contribution in [0.4, 0.5) is 0 Å². The molecule has 1 atom stereocenters. The highest BCUT2D eigenvalue weighted by Gasteiger charge is 2.22. The first-order valence-electron chi connectivity index (χ1n) is 10.8. The third-order valence-electron chi connectivity index (χ3n) is 5.02. The van der Waals surface area contributed by atoms with E-state index < -0.39 is 11.9 Å². The van der Waals surface area contributed by atoms with Crippen molar-refractivity contribution >= 4 is 11.9 Å². The van der Waals surface area contributed by atoms with Gasteiger partial charge in [0.1, 0.15) is 6.61 Å². The van der Waals surface area contributed by atoms with Crippen LogP contribution < -0.4 is 0 Å². The second-order valence-electron chi connectivity index (χ2n) is 7.39. The minimum Gasteiger partial charge on any atom is -0.462 e. The van der Waals surface area contributed by atoms with Gasteiger partial charge in [0, 0.05) is 6.61 Å². The lowest BCUT2D eigenvalue weighted by Crippen LogP contribution is -2.20. The van der Waals surface area contributed by atoms with E-state index in [9.17, 15) is 9.59 Å². The SMILES string of the molecule is CCCCCCCCCCOC(=O)c1ccccc1C(=O)OCC1CCCO1. The first kappa shape index (κ1) is 22.4. The first-order valence-corrected chi connectivity index (χ1v) is 10.8. The topological polar surface area (TPSA) is 61.8 Å². The second-order valence-corrected chi connectivity index (χ2v) is 7.39. The maximum atomic E-state index is 12.4. The molecule has 1 aliphatic heterocycles. The molecule has 1 aromatic carbocycles. The number of carbonyl (C=O) groups excluding carboxylic acids is 2. The van der Waals surface area contributed by atoms with Crippen LogP contribution in [-0.2, 0) is 14.2 Å². The van der Waals surface area contributed by atoms with E-state index in [0.29, 0.717) is 13.2 Å². The summed E-state index contributed by atoms with van der Waals surface area (Å²) in [5, 5.41) is 0. The van der Waals surface area contributed by atoms with Gasteiger partial charge in [-0.25, -0.2) is 9.59 Å². The van der Waals surface area contributed by atoms with Crippen LogP contribution >= 0.6 is 0 Å². The third kappa shape index (κ3) is 8.01. The monoisotopic (exact) mass is 390 g/mol. The Morgan fingerprint density at radius 2 is 1.54 bits per heavy atom. The minimum absolute atomic E-state index is 0.0370. The minimum atomic E-state index is -0.505. The fourth-order valence-electron chi connectivity index (χ4n) is 3.34. The quantitative estimate of drug-likeness (QED) is 0.337. The first-order chi connectivity index (χ1) is 13.7. The molecule has 0 saturated carbocycles. The Morgan fingerprint density at radius 1 is 0.929 bits per heavy atom. The van der Waals surface area contributed by atoms with Crippen molar-refractivity contribution in [2.75, 3.05) is 19.8 Å². The van der Waals surface area contributed by atoms with E-state index >= 15 is 0 Å². The van der Waals surface area contributed by atoms with Crippen molar-refractivity contribution in [3.63, 3.8) is 0 Å². The fraction of sp³-hybridized carbons (Fsp3) is 0.652. The van der Waals surface area contributed by atoms with Gasteiger partial charge in [0.15, 0.2) is 0 Å². The smallest absolute Gasteiger partial charge is 0.339 e. The number of rotatable bonds is 13. The summed E-state index contributed by atoms with van der Waals surface area (Å²) >= 11 is 0. The van der Waals surface area contributed by atoms with Gasteiger partial charge in [-0.05, 0) is 31.4 Å². The molecule has 2 rings (SSSR count). The molecule has 5 nitrogen and oxygen atoms in total. The zero-order chi connectivity index (χ0) is 20.0. The van der Waals surface area contributed by atoms with E-state index in [1.165, 1.54) is 38.5 Å². The summed E-state index contributed by atoms with van der Waals surface area (Å²) in [5.74, 6) is -0.970. The molecule has 1 aromatic rings. The number of hydrogen-bond acceptors (Lipinski definition) is 5. The number of carbonyl (C=O) groups is 2. The van der Waals surface area contributed by atoms with Crippen molar-refractivity contribution in [2.24, 2.45) is 0 Å². The summed E-state index contributed by atoms with van der Waals surface area (Å²) in [6.07, 6.45) is 11.4. The van der Waals surface area contributed by atoms with E-state index in [-0.39, 0.29) is 23.8 Å².